The van der Waals surface area contributed by atoms with Crippen molar-refractivity contribution in [3.8, 4) is 5.75 Å². The molecule has 20 heavy (non-hydrogen) atoms. The Labute approximate surface area is 124 Å². The first-order valence-corrected chi connectivity index (χ1v) is 6.71. The summed E-state index contributed by atoms with van der Waals surface area (Å²) in [7, 11) is 1.38. The van der Waals surface area contributed by atoms with Crippen LogP contribution in [0.1, 0.15) is 15.9 Å². The van der Waals surface area contributed by atoms with E-state index in [0.29, 0.717) is 5.69 Å². The average Bonchev–Trinajstić information content (AvgIpc) is 2.42. The lowest BCUT2D eigenvalue weighted by Gasteiger charge is -2.08. The number of hydrogen-bond acceptors (Lipinski definition) is 2. The highest BCUT2D eigenvalue weighted by Gasteiger charge is 2.10. The predicted octanol–water partition coefficient (Wildman–Crippen LogP) is 4.16. The molecular weight excluding hydrogens is 325 g/mol. The monoisotopic (exact) mass is 337 g/mol. The molecule has 5 heteroatoms. The molecule has 0 fully saturated rings. The molecule has 2 rings (SSSR count). The van der Waals surface area contributed by atoms with Crippen molar-refractivity contribution < 1.29 is 13.9 Å². The third-order valence-corrected chi connectivity index (χ3v) is 3.72. The Morgan fingerprint density at radius 2 is 2.00 bits per heavy atom. The molecule has 0 bridgehead atoms. The molecule has 2 aromatic carbocycles. The summed E-state index contributed by atoms with van der Waals surface area (Å²) < 4.78 is 19.3. The van der Waals surface area contributed by atoms with Crippen molar-refractivity contribution in [3.63, 3.8) is 0 Å². The maximum atomic E-state index is 13.6. The fraction of sp³-hybridized carbons (Fsp3) is 0.133. The van der Waals surface area contributed by atoms with Crippen molar-refractivity contribution in [2.24, 2.45) is 0 Å². The molecule has 0 aliphatic carbocycles. The van der Waals surface area contributed by atoms with Crippen LogP contribution < -0.4 is 10.1 Å². The Balaban J connectivity index is 2.19. The van der Waals surface area contributed by atoms with E-state index in [-0.39, 0.29) is 17.2 Å². The van der Waals surface area contributed by atoms with Crippen molar-refractivity contribution >= 4 is 27.5 Å². The standard InChI is InChI=1S/C15H13BrFNO2/c1-9-7-11(4-5-12(9)16)18-15(19)10-3-6-14(20-2)13(17)8-10/h3-8H,1-2H3,(H,18,19). The number of anilines is 1. The minimum Gasteiger partial charge on any atom is -0.494 e. The van der Waals surface area contributed by atoms with Crippen molar-refractivity contribution in [1.29, 1.82) is 0 Å². The van der Waals surface area contributed by atoms with Gasteiger partial charge in [-0.05, 0) is 48.9 Å². The lowest BCUT2D eigenvalue weighted by Crippen LogP contribution is -2.12. The number of carbonyl (C=O) groups is 1. The second kappa shape index (κ2) is 6.05. The zero-order chi connectivity index (χ0) is 14.7. The minimum atomic E-state index is -0.563. The van der Waals surface area contributed by atoms with Gasteiger partial charge in [0.1, 0.15) is 0 Å². The molecule has 3 nitrogen and oxygen atoms in total. The zero-order valence-corrected chi connectivity index (χ0v) is 12.6. The van der Waals surface area contributed by atoms with E-state index in [4.69, 9.17) is 4.74 Å². The molecular formula is C15H13BrFNO2. The molecule has 0 unspecified atom stereocenters. The van der Waals surface area contributed by atoms with E-state index in [0.717, 1.165) is 16.1 Å². The van der Waals surface area contributed by atoms with Crippen molar-refractivity contribution in [2.75, 3.05) is 12.4 Å². The number of methoxy groups -OCH3 is 1. The molecule has 0 heterocycles. The fourth-order valence-corrected chi connectivity index (χ4v) is 1.98. The van der Waals surface area contributed by atoms with E-state index in [1.165, 1.54) is 19.2 Å². The van der Waals surface area contributed by atoms with Crippen LogP contribution in [0, 0.1) is 12.7 Å². The summed E-state index contributed by atoms with van der Waals surface area (Å²) in [6.07, 6.45) is 0. The normalized spacial score (nSPS) is 10.2. The number of hydrogen-bond donors (Lipinski definition) is 1. The quantitative estimate of drug-likeness (QED) is 0.913. The maximum absolute atomic E-state index is 13.6. The van der Waals surface area contributed by atoms with Crippen LogP contribution in [0.15, 0.2) is 40.9 Å². The summed E-state index contributed by atoms with van der Waals surface area (Å²) in [6, 6.07) is 9.55. The van der Waals surface area contributed by atoms with E-state index >= 15 is 0 Å². The number of amides is 1. The van der Waals surface area contributed by atoms with Gasteiger partial charge in [0, 0.05) is 15.7 Å². The highest BCUT2D eigenvalue weighted by atomic mass is 79.9. The van der Waals surface area contributed by atoms with Crippen LogP contribution in [0.4, 0.5) is 10.1 Å². The number of benzene rings is 2. The van der Waals surface area contributed by atoms with Crippen LogP contribution in [0.25, 0.3) is 0 Å². The lowest BCUT2D eigenvalue weighted by molar-refractivity contribution is 0.102. The molecule has 0 aromatic heterocycles. The van der Waals surface area contributed by atoms with E-state index in [2.05, 4.69) is 21.2 Å². The fourth-order valence-electron chi connectivity index (χ4n) is 1.73. The van der Waals surface area contributed by atoms with Gasteiger partial charge >= 0.3 is 0 Å². The number of rotatable bonds is 3. The van der Waals surface area contributed by atoms with Gasteiger partial charge in [0.2, 0.25) is 0 Å². The second-order valence-corrected chi connectivity index (χ2v) is 5.12. The summed E-state index contributed by atoms with van der Waals surface area (Å²) in [6.45, 7) is 1.92. The molecule has 0 radical (unpaired) electrons. The predicted molar refractivity (Wildman–Crippen MR) is 79.8 cm³/mol. The molecule has 0 spiro atoms. The van der Waals surface area contributed by atoms with Gasteiger partial charge in [-0.3, -0.25) is 4.79 Å². The highest BCUT2D eigenvalue weighted by molar-refractivity contribution is 9.10. The Hall–Kier alpha value is -1.88. The summed E-state index contributed by atoms with van der Waals surface area (Å²) in [5, 5.41) is 2.72. The van der Waals surface area contributed by atoms with Gasteiger partial charge < -0.3 is 10.1 Å². The van der Waals surface area contributed by atoms with Gasteiger partial charge in [0.25, 0.3) is 5.91 Å². The molecule has 2 aromatic rings. The van der Waals surface area contributed by atoms with Crippen LogP contribution in [0.3, 0.4) is 0 Å². The Bertz CT molecular complexity index is 658. The average molecular weight is 338 g/mol. The lowest BCUT2D eigenvalue weighted by atomic mass is 10.1. The first-order chi connectivity index (χ1) is 9.51. The number of carbonyl (C=O) groups excluding carboxylic acids is 1. The zero-order valence-electron chi connectivity index (χ0n) is 11.0. The van der Waals surface area contributed by atoms with E-state index in [9.17, 15) is 9.18 Å². The molecule has 0 aliphatic heterocycles. The van der Waals surface area contributed by atoms with Gasteiger partial charge in [-0.25, -0.2) is 4.39 Å². The first kappa shape index (κ1) is 14.5. The third kappa shape index (κ3) is 3.17. The number of aryl methyl sites for hydroxylation is 1. The van der Waals surface area contributed by atoms with E-state index < -0.39 is 5.82 Å². The summed E-state index contributed by atoms with van der Waals surface area (Å²) in [4.78, 5) is 12.0. The van der Waals surface area contributed by atoms with E-state index in [1.54, 1.807) is 6.07 Å². The summed E-state index contributed by atoms with van der Waals surface area (Å²) in [5.74, 6) is -0.818. The van der Waals surface area contributed by atoms with Crippen molar-refractivity contribution in [3.05, 3.63) is 57.8 Å². The van der Waals surface area contributed by atoms with Gasteiger partial charge in [-0.1, -0.05) is 15.9 Å². The van der Waals surface area contributed by atoms with Crippen LogP contribution in [-0.2, 0) is 0 Å². The van der Waals surface area contributed by atoms with Gasteiger partial charge in [-0.2, -0.15) is 0 Å². The van der Waals surface area contributed by atoms with Crippen LogP contribution in [0.2, 0.25) is 0 Å². The first-order valence-electron chi connectivity index (χ1n) is 5.92. The maximum Gasteiger partial charge on any atom is 0.255 e. The Morgan fingerprint density at radius 3 is 2.60 bits per heavy atom. The number of halogens is 2. The molecule has 1 amide bonds. The van der Waals surface area contributed by atoms with Crippen LogP contribution in [-0.4, -0.2) is 13.0 Å². The SMILES string of the molecule is COc1ccc(C(=O)Nc2ccc(Br)c(C)c2)cc1F. The molecule has 0 saturated heterocycles. The van der Waals surface area contributed by atoms with Crippen molar-refractivity contribution in [1.82, 2.24) is 0 Å². The molecule has 1 N–H and O–H groups in total. The summed E-state index contributed by atoms with van der Waals surface area (Å²) >= 11 is 3.39. The number of nitrogens with one attached hydrogen (secondary N) is 1. The summed E-state index contributed by atoms with van der Waals surface area (Å²) in [5.41, 5.74) is 1.90. The largest absolute Gasteiger partial charge is 0.494 e. The van der Waals surface area contributed by atoms with Gasteiger partial charge in [0.05, 0.1) is 7.11 Å². The smallest absolute Gasteiger partial charge is 0.255 e. The molecule has 0 atom stereocenters. The Kier molecular flexibility index (Phi) is 4.39. The van der Waals surface area contributed by atoms with Crippen LogP contribution >= 0.6 is 15.9 Å². The molecule has 0 saturated carbocycles. The third-order valence-electron chi connectivity index (χ3n) is 2.83. The number of ether oxygens (including phenoxy) is 1. The van der Waals surface area contributed by atoms with E-state index in [1.807, 2.05) is 19.1 Å². The molecule has 0 aliphatic rings. The highest BCUT2D eigenvalue weighted by Crippen LogP contribution is 2.22. The topological polar surface area (TPSA) is 38.3 Å². The Morgan fingerprint density at radius 1 is 1.25 bits per heavy atom. The molecule has 104 valence electrons. The van der Waals surface area contributed by atoms with Crippen molar-refractivity contribution in [2.45, 2.75) is 6.92 Å². The second-order valence-electron chi connectivity index (χ2n) is 4.27. The van der Waals surface area contributed by atoms with Gasteiger partial charge in [0.15, 0.2) is 11.6 Å². The van der Waals surface area contributed by atoms with Gasteiger partial charge in [-0.15, -0.1) is 0 Å². The van der Waals surface area contributed by atoms with Crippen LogP contribution in [0.5, 0.6) is 5.75 Å². The minimum absolute atomic E-state index is 0.112.